The molecule has 0 fully saturated rings. The lowest BCUT2D eigenvalue weighted by molar-refractivity contribution is -0.145. The number of rotatable bonds is 2. The summed E-state index contributed by atoms with van der Waals surface area (Å²) in [6.07, 6.45) is 0.767. The molecule has 0 aliphatic carbocycles. The molecule has 0 spiro atoms. The Labute approximate surface area is 122 Å². The molecule has 20 heavy (non-hydrogen) atoms. The van der Waals surface area contributed by atoms with Crippen molar-refractivity contribution in [1.29, 1.82) is 0 Å². The number of aromatic amines is 1. The third-order valence-corrected chi connectivity index (χ3v) is 4.05. The Balaban J connectivity index is 2.14. The Kier molecular flexibility index (Phi) is 3.34. The van der Waals surface area contributed by atoms with Gasteiger partial charge in [-0.2, -0.15) is 0 Å². The molecule has 5 heteroatoms. The molecule has 1 atom stereocenters. The zero-order valence-electron chi connectivity index (χ0n) is 11.6. The van der Waals surface area contributed by atoms with Gasteiger partial charge in [-0.05, 0) is 31.5 Å². The molecule has 0 amide bonds. The van der Waals surface area contributed by atoms with Gasteiger partial charge in [0.25, 0.3) is 0 Å². The summed E-state index contributed by atoms with van der Waals surface area (Å²) in [5.74, 6) is -0.369. The second-order valence-electron chi connectivity index (χ2n) is 5.09. The van der Waals surface area contributed by atoms with Gasteiger partial charge in [0, 0.05) is 29.5 Å². The maximum absolute atomic E-state index is 12.1. The summed E-state index contributed by atoms with van der Waals surface area (Å²) < 4.78 is 5.19. The molecule has 1 aromatic carbocycles. The fourth-order valence-electron chi connectivity index (χ4n) is 2.89. The smallest absolute Gasteiger partial charge is 0.315 e. The summed E-state index contributed by atoms with van der Waals surface area (Å²) in [6.45, 7) is 3.07. The van der Waals surface area contributed by atoms with Crippen LogP contribution in [0.15, 0.2) is 18.2 Å². The minimum Gasteiger partial charge on any atom is -0.465 e. The van der Waals surface area contributed by atoms with Crippen molar-refractivity contribution in [3.05, 3.63) is 28.9 Å². The van der Waals surface area contributed by atoms with Crippen LogP contribution in [0.5, 0.6) is 0 Å². The Morgan fingerprint density at radius 2 is 2.35 bits per heavy atom. The number of H-pyrrole nitrogens is 1. The number of benzene rings is 1. The number of nitrogens with zero attached hydrogens (tertiary/aromatic N) is 1. The minimum absolute atomic E-state index is 0.153. The van der Waals surface area contributed by atoms with E-state index < -0.39 is 0 Å². The van der Waals surface area contributed by atoms with Crippen LogP contribution in [0.4, 0.5) is 5.69 Å². The summed E-state index contributed by atoms with van der Waals surface area (Å²) in [6, 6.07) is 5.74. The van der Waals surface area contributed by atoms with Gasteiger partial charge < -0.3 is 14.6 Å². The van der Waals surface area contributed by atoms with Crippen LogP contribution in [-0.2, 0) is 9.53 Å². The summed E-state index contributed by atoms with van der Waals surface area (Å²) in [5.41, 5.74) is 3.00. The third-order valence-electron chi connectivity index (χ3n) is 3.82. The van der Waals surface area contributed by atoms with E-state index in [4.69, 9.17) is 16.3 Å². The molecule has 1 unspecified atom stereocenters. The number of anilines is 1. The highest BCUT2D eigenvalue weighted by atomic mass is 35.5. The number of hydrogen-bond donors (Lipinski definition) is 1. The lowest BCUT2D eigenvalue weighted by atomic mass is 9.95. The van der Waals surface area contributed by atoms with Crippen LogP contribution in [0.3, 0.4) is 0 Å². The Hall–Kier alpha value is -1.68. The van der Waals surface area contributed by atoms with Crippen molar-refractivity contribution < 1.29 is 9.53 Å². The monoisotopic (exact) mass is 292 g/mol. The van der Waals surface area contributed by atoms with E-state index in [0.29, 0.717) is 11.6 Å². The first-order chi connectivity index (χ1) is 9.61. The van der Waals surface area contributed by atoms with Crippen molar-refractivity contribution in [2.24, 2.45) is 0 Å². The molecule has 4 nitrogen and oxygen atoms in total. The van der Waals surface area contributed by atoms with E-state index >= 15 is 0 Å². The summed E-state index contributed by atoms with van der Waals surface area (Å²) in [4.78, 5) is 17.7. The van der Waals surface area contributed by atoms with E-state index in [1.165, 1.54) is 0 Å². The van der Waals surface area contributed by atoms with Crippen LogP contribution in [-0.4, -0.2) is 31.2 Å². The predicted octanol–water partition coefficient (Wildman–Crippen LogP) is 3.31. The van der Waals surface area contributed by atoms with Gasteiger partial charge in [0.2, 0.25) is 0 Å². The number of ether oxygens (including phenoxy) is 1. The van der Waals surface area contributed by atoms with Crippen molar-refractivity contribution >= 4 is 34.2 Å². The van der Waals surface area contributed by atoms with Crippen molar-refractivity contribution in [2.45, 2.75) is 19.3 Å². The number of esters is 1. The first-order valence-electron chi connectivity index (χ1n) is 6.80. The van der Waals surface area contributed by atoms with Crippen LogP contribution in [0.2, 0.25) is 5.02 Å². The summed E-state index contributed by atoms with van der Waals surface area (Å²) in [5, 5.41) is 1.76. The van der Waals surface area contributed by atoms with Crippen LogP contribution >= 0.6 is 11.6 Å². The second kappa shape index (κ2) is 5.02. The average molecular weight is 293 g/mol. The quantitative estimate of drug-likeness (QED) is 0.864. The second-order valence-corrected chi connectivity index (χ2v) is 5.53. The number of carbonyl (C=O) groups is 1. The largest absolute Gasteiger partial charge is 0.465 e. The molecule has 0 saturated carbocycles. The van der Waals surface area contributed by atoms with E-state index in [2.05, 4.69) is 9.88 Å². The van der Waals surface area contributed by atoms with Crippen molar-refractivity contribution in [3.63, 3.8) is 0 Å². The molecule has 0 radical (unpaired) electrons. The van der Waals surface area contributed by atoms with Crippen LogP contribution in [0, 0.1) is 0 Å². The topological polar surface area (TPSA) is 45.3 Å². The molecular weight excluding hydrogens is 276 g/mol. The SMILES string of the molecule is CCOC(=O)C1CCN(C)c2c1[nH]c1ccc(Cl)cc21. The van der Waals surface area contributed by atoms with Gasteiger partial charge in [0.05, 0.1) is 18.0 Å². The molecule has 106 valence electrons. The molecule has 1 N–H and O–H groups in total. The lowest BCUT2D eigenvalue weighted by Crippen LogP contribution is -2.30. The number of fused-ring (bicyclic) bond motifs is 3. The number of halogens is 1. The first-order valence-corrected chi connectivity index (χ1v) is 7.18. The highest BCUT2D eigenvalue weighted by Gasteiger charge is 2.33. The first kappa shape index (κ1) is 13.3. The zero-order chi connectivity index (χ0) is 14.3. The Bertz CT molecular complexity index is 665. The van der Waals surface area contributed by atoms with Crippen molar-refractivity contribution in [1.82, 2.24) is 4.98 Å². The Morgan fingerprint density at radius 3 is 3.10 bits per heavy atom. The van der Waals surface area contributed by atoms with Gasteiger partial charge in [0.15, 0.2) is 0 Å². The maximum atomic E-state index is 12.1. The normalized spacial score (nSPS) is 18.1. The third kappa shape index (κ3) is 2.04. The van der Waals surface area contributed by atoms with Gasteiger partial charge in [-0.15, -0.1) is 0 Å². The highest BCUT2D eigenvalue weighted by Crippen LogP contribution is 2.41. The molecule has 3 rings (SSSR count). The van der Waals surface area contributed by atoms with Gasteiger partial charge in [-0.1, -0.05) is 11.6 Å². The van der Waals surface area contributed by atoms with Gasteiger partial charge in [-0.3, -0.25) is 4.79 Å². The van der Waals surface area contributed by atoms with Crippen LogP contribution in [0.25, 0.3) is 10.9 Å². The highest BCUT2D eigenvalue weighted by molar-refractivity contribution is 6.31. The maximum Gasteiger partial charge on any atom is 0.315 e. The summed E-state index contributed by atoms with van der Waals surface area (Å²) >= 11 is 6.09. The number of nitrogens with one attached hydrogen (secondary N) is 1. The summed E-state index contributed by atoms with van der Waals surface area (Å²) in [7, 11) is 2.04. The standard InChI is InChI=1S/C15H17ClN2O2/c1-3-20-15(19)10-6-7-18(2)14-11-8-9(16)4-5-12(11)17-13(10)14/h4-5,8,10,17H,3,6-7H2,1-2H3. The van der Waals surface area contributed by atoms with Crippen molar-refractivity contribution in [2.75, 3.05) is 25.1 Å². The predicted molar refractivity (Wildman–Crippen MR) is 80.6 cm³/mol. The molecule has 1 aliphatic heterocycles. The number of carbonyl (C=O) groups excluding carboxylic acids is 1. The zero-order valence-corrected chi connectivity index (χ0v) is 12.3. The molecule has 1 aromatic heterocycles. The molecular formula is C15H17ClN2O2. The Morgan fingerprint density at radius 1 is 1.55 bits per heavy atom. The fraction of sp³-hybridized carbons (Fsp3) is 0.400. The van der Waals surface area contributed by atoms with E-state index in [1.54, 1.807) is 0 Å². The van der Waals surface area contributed by atoms with E-state index in [0.717, 1.165) is 35.2 Å². The van der Waals surface area contributed by atoms with Crippen LogP contribution < -0.4 is 4.90 Å². The lowest BCUT2D eigenvalue weighted by Gasteiger charge is -2.29. The minimum atomic E-state index is -0.215. The molecule has 2 aromatic rings. The van der Waals surface area contributed by atoms with E-state index in [-0.39, 0.29) is 11.9 Å². The number of hydrogen-bond acceptors (Lipinski definition) is 3. The van der Waals surface area contributed by atoms with Crippen LogP contribution in [0.1, 0.15) is 25.0 Å². The van der Waals surface area contributed by atoms with Gasteiger partial charge in [-0.25, -0.2) is 0 Å². The van der Waals surface area contributed by atoms with Gasteiger partial charge >= 0.3 is 5.97 Å². The average Bonchev–Trinajstić information content (AvgIpc) is 2.78. The molecule has 1 aliphatic rings. The molecule has 0 saturated heterocycles. The molecule has 0 bridgehead atoms. The van der Waals surface area contributed by atoms with Crippen molar-refractivity contribution in [3.8, 4) is 0 Å². The molecule has 2 heterocycles. The number of aromatic nitrogens is 1. The fourth-order valence-corrected chi connectivity index (χ4v) is 3.06. The van der Waals surface area contributed by atoms with E-state index in [1.807, 2.05) is 32.2 Å². The van der Waals surface area contributed by atoms with E-state index in [9.17, 15) is 4.79 Å². The van der Waals surface area contributed by atoms with Gasteiger partial charge in [0.1, 0.15) is 5.92 Å².